The second kappa shape index (κ2) is 11.7. The van der Waals surface area contributed by atoms with E-state index in [-0.39, 0.29) is 12.4 Å². The third kappa shape index (κ3) is 6.51. The van der Waals surface area contributed by atoms with E-state index in [9.17, 15) is 0 Å². The zero-order chi connectivity index (χ0) is 15.6. The molecule has 1 rings (SSSR count). The molecule has 2 nitrogen and oxygen atoms in total. The van der Waals surface area contributed by atoms with Crippen LogP contribution >= 0.6 is 0 Å². The predicted molar refractivity (Wildman–Crippen MR) is 91.2 cm³/mol. The zero-order valence-electron chi connectivity index (χ0n) is 14.4. The Hall–Kier alpha value is -0.830. The molecule has 0 aliphatic carbocycles. The van der Waals surface area contributed by atoms with Crippen molar-refractivity contribution in [2.24, 2.45) is 0 Å². The van der Waals surface area contributed by atoms with Gasteiger partial charge in [-0.2, -0.15) is 0 Å². The number of likely N-dealkylation sites (N-methyl/N-ethyl adjacent to an activating group) is 1. The molecule has 1 unspecified atom stereocenters. The van der Waals surface area contributed by atoms with Gasteiger partial charge in [-0.3, -0.25) is 0 Å². The minimum absolute atomic E-state index is 0. The van der Waals surface area contributed by atoms with E-state index in [0.29, 0.717) is 6.04 Å². The van der Waals surface area contributed by atoms with E-state index in [4.69, 9.17) is 4.74 Å². The number of hydrogen-bond donors (Lipinski definition) is 0. The summed E-state index contributed by atoms with van der Waals surface area (Å²) >= 11 is 0. The number of halogens is 1. The predicted octanol–water partition coefficient (Wildman–Crippen LogP) is 1.42. The fourth-order valence-electron chi connectivity index (χ4n) is 2.94. The second-order valence-corrected chi connectivity index (χ2v) is 5.80. The standard InChI is InChI=1S/C19H32NO.ClH/c1-5-18(4)20(6-2,7-3)15-11-12-16-21-17-19-13-9-8-10-14-19;/h5,8-10,13-14,18H,1,6-7,11-12,15-17H2,2-4H3;1H/q+1;/p-1. The Labute approximate surface area is 143 Å². The van der Waals surface area contributed by atoms with Crippen LogP contribution in [0.15, 0.2) is 43.0 Å². The van der Waals surface area contributed by atoms with Gasteiger partial charge in [-0.05, 0) is 45.3 Å². The first-order valence-corrected chi connectivity index (χ1v) is 8.28. The molecular weight excluding hydrogens is 294 g/mol. The van der Waals surface area contributed by atoms with Gasteiger partial charge in [-0.25, -0.2) is 0 Å². The Morgan fingerprint density at radius 1 is 1.14 bits per heavy atom. The third-order valence-corrected chi connectivity index (χ3v) is 4.72. The van der Waals surface area contributed by atoms with E-state index >= 15 is 0 Å². The SMILES string of the molecule is C=CC(C)[N+](CC)(CC)CCCCOCc1ccccc1.[Cl-]. The van der Waals surface area contributed by atoms with Crippen molar-refractivity contribution in [2.45, 2.75) is 46.3 Å². The average molecular weight is 326 g/mol. The smallest absolute Gasteiger partial charge is 0.104 e. The molecule has 3 heteroatoms. The molecule has 0 aromatic heterocycles. The second-order valence-electron chi connectivity index (χ2n) is 5.80. The van der Waals surface area contributed by atoms with Crippen molar-refractivity contribution in [1.29, 1.82) is 0 Å². The maximum absolute atomic E-state index is 5.76. The van der Waals surface area contributed by atoms with Gasteiger partial charge in [0.25, 0.3) is 0 Å². The molecule has 126 valence electrons. The summed E-state index contributed by atoms with van der Waals surface area (Å²) in [6.45, 7) is 16.0. The molecule has 0 spiro atoms. The van der Waals surface area contributed by atoms with Gasteiger partial charge in [0.2, 0.25) is 0 Å². The van der Waals surface area contributed by atoms with Gasteiger partial charge >= 0.3 is 0 Å². The van der Waals surface area contributed by atoms with E-state index in [0.717, 1.165) is 24.1 Å². The maximum atomic E-state index is 5.76. The van der Waals surface area contributed by atoms with Gasteiger partial charge in [0.1, 0.15) is 6.04 Å². The minimum Gasteiger partial charge on any atom is -1.00 e. The van der Waals surface area contributed by atoms with Crippen LogP contribution in [0.4, 0.5) is 0 Å². The van der Waals surface area contributed by atoms with Crippen LogP contribution in [-0.2, 0) is 11.3 Å². The van der Waals surface area contributed by atoms with Gasteiger partial charge < -0.3 is 21.6 Å². The molecule has 0 saturated heterocycles. The van der Waals surface area contributed by atoms with E-state index in [1.807, 2.05) is 6.07 Å². The normalized spacial score (nSPS) is 12.5. The molecule has 0 radical (unpaired) electrons. The Kier molecular flexibility index (Phi) is 11.3. The summed E-state index contributed by atoms with van der Waals surface area (Å²) in [7, 11) is 0. The van der Waals surface area contributed by atoms with Gasteiger partial charge in [0.15, 0.2) is 0 Å². The van der Waals surface area contributed by atoms with Crippen LogP contribution in [0.25, 0.3) is 0 Å². The Morgan fingerprint density at radius 3 is 2.32 bits per heavy atom. The fraction of sp³-hybridized carbons (Fsp3) is 0.579. The summed E-state index contributed by atoms with van der Waals surface area (Å²) in [6.07, 6.45) is 4.45. The number of rotatable bonds is 11. The fourth-order valence-corrected chi connectivity index (χ4v) is 2.94. The van der Waals surface area contributed by atoms with Crippen molar-refractivity contribution < 1.29 is 21.6 Å². The first kappa shape index (κ1) is 21.2. The summed E-state index contributed by atoms with van der Waals surface area (Å²) in [5.41, 5.74) is 1.25. The molecule has 22 heavy (non-hydrogen) atoms. The molecule has 0 heterocycles. The molecule has 0 aliphatic rings. The molecule has 0 bridgehead atoms. The summed E-state index contributed by atoms with van der Waals surface area (Å²) in [4.78, 5) is 0. The molecule has 1 aromatic rings. The lowest BCUT2D eigenvalue weighted by Crippen LogP contribution is -3.00. The molecule has 0 N–H and O–H groups in total. The lowest BCUT2D eigenvalue weighted by molar-refractivity contribution is -0.940. The van der Waals surface area contributed by atoms with Crippen LogP contribution in [-0.4, -0.2) is 36.8 Å². The first-order chi connectivity index (χ1) is 10.2. The van der Waals surface area contributed by atoms with Crippen LogP contribution in [0, 0.1) is 0 Å². The Balaban J connectivity index is 0.00000441. The highest BCUT2D eigenvalue weighted by molar-refractivity contribution is 5.13. The Bertz CT molecular complexity index is 390. The van der Waals surface area contributed by atoms with Crippen LogP contribution < -0.4 is 12.4 Å². The van der Waals surface area contributed by atoms with Gasteiger partial charge in [0, 0.05) is 6.61 Å². The number of quaternary nitrogens is 1. The van der Waals surface area contributed by atoms with Crippen LogP contribution in [0.5, 0.6) is 0 Å². The molecule has 0 amide bonds. The van der Waals surface area contributed by atoms with Crippen LogP contribution in [0.2, 0.25) is 0 Å². The molecule has 0 saturated carbocycles. The van der Waals surface area contributed by atoms with Crippen molar-refractivity contribution in [3.8, 4) is 0 Å². The molecule has 0 fully saturated rings. The number of hydrogen-bond acceptors (Lipinski definition) is 1. The molecule has 1 atom stereocenters. The maximum Gasteiger partial charge on any atom is 0.104 e. The minimum atomic E-state index is 0. The quantitative estimate of drug-likeness (QED) is 0.340. The number of nitrogens with zero attached hydrogens (tertiary/aromatic N) is 1. The lowest BCUT2D eigenvalue weighted by atomic mass is 10.1. The summed E-state index contributed by atoms with van der Waals surface area (Å²) in [5.74, 6) is 0. The summed E-state index contributed by atoms with van der Waals surface area (Å²) in [5, 5.41) is 0. The van der Waals surface area contributed by atoms with Crippen molar-refractivity contribution in [2.75, 3.05) is 26.2 Å². The monoisotopic (exact) mass is 325 g/mol. The highest BCUT2D eigenvalue weighted by Crippen LogP contribution is 2.16. The zero-order valence-corrected chi connectivity index (χ0v) is 15.2. The highest BCUT2D eigenvalue weighted by atomic mass is 35.5. The Morgan fingerprint density at radius 2 is 1.77 bits per heavy atom. The first-order valence-electron chi connectivity index (χ1n) is 8.28. The van der Waals surface area contributed by atoms with Crippen molar-refractivity contribution in [3.05, 3.63) is 48.6 Å². The highest BCUT2D eigenvalue weighted by Gasteiger charge is 2.27. The summed E-state index contributed by atoms with van der Waals surface area (Å²) < 4.78 is 6.90. The lowest BCUT2D eigenvalue weighted by Gasteiger charge is -2.41. The van der Waals surface area contributed by atoms with Gasteiger partial charge in [0.05, 0.1) is 26.2 Å². The topological polar surface area (TPSA) is 9.23 Å². The van der Waals surface area contributed by atoms with E-state index in [1.165, 1.54) is 31.6 Å². The molecular formula is C19H32ClNO. The third-order valence-electron chi connectivity index (χ3n) is 4.72. The largest absolute Gasteiger partial charge is 1.00 e. The van der Waals surface area contributed by atoms with Crippen molar-refractivity contribution in [3.63, 3.8) is 0 Å². The van der Waals surface area contributed by atoms with Crippen LogP contribution in [0.1, 0.15) is 39.2 Å². The van der Waals surface area contributed by atoms with E-state index < -0.39 is 0 Å². The average Bonchev–Trinajstić information content (AvgIpc) is 2.55. The van der Waals surface area contributed by atoms with E-state index in [1.54, 1.807) is 0 Å². The molecule has 1 aromatic carbocycles. The number of benzene rings is 1. The van der Waals surface area contributed by atoms with E-state index in [2.05, 4.69) is 57.7 Å². The number of unbranched alkanes of at least 4 members (excludes halogenated alkanes) is 1. The number of ether oxygens (including phenoxy) is 1. The van der Waals surface area contributed by atoms with Crippen LogP contribution in [0.3, 0.4) is 0 Å². The van der Waals surface area contributed by atoms with Gasteiger partial charge in [-0.1, -0.05) is 36.9 Å². The van der Waals surface area contributed by atoms with Crippen molar-refractivity contribution in [1.82, 2.24) is 0 Å². The molecule has 0 aliphatic heterocycles. The van der Waals surface area contributed by atoms with Crippen molar-refractivity contribution >= 4 is 0 Å². The van der Waals surface area contributed by atoms with Gasteiger partial charge in [-0.15, -0.1) is 0 Å². The summed E-state index contributed by atoms with van der Waals surface area (Å²) in [6, 6.07) is 10.9.